The van der Waals surface area contributed by atoms with Gasteiger partial charge in [0.15, 0.2) is 0 Å². The third kappa shape index (κ3) is 6.49. The summed E-state index contributed by atoms with van der Waals surface area (Å²) in [7, 11) is 1.50. The zero-order valence-corrected chi connectivity index (χ0v) is 16.9. The molecule has 0 unspecified atom stereocenters. The van der Waals surface area contributed by atoms with Gasteiger partial charge in [0.1, 0.15) is 17.3 Å². The van der Waals surface area contributed by atoms with Gasteiger partial charge in [0.05, 0.1) is 7.11 Å². The van der Waals surface area contributed by atoms with Gasteiger partial charge in [0.2, 0.25) is 0 Å². The summed E-state index contributed by atoms with van der Waals surface area (Å²) in [6.45, 7) is 0.258. The van der Waals surface area contributed by atoms with Crippen molar-refractivity contribution in [3.63, 3.8) is 0 Å². The molecule has 0 aliphatic heterocycles. The maximum Gasteiger partial charge on any atom is 0.573 e. The quantitative estimate of drug-likeness (QED) is 0.455. The number of carboxylic acid groups (broad SMARTS) is 1. The summed E-state index contributed by atoms with van der Waals surface area (Å²) in [4.78, 5) is 15.1. The van der Waals surface area contributed by atoms with Crippen molar-refractivity contribution in [3.8, 4) is 22.6 Å². The number of nitrogens with zero attached hydrogens (tertiary/aromatic N) is 1. The van der Waals surface area contributed by atoms with Crippen LogP contribution in [0.4, 0.5) is 19.0 Å². The van der Waals surface area contributed by atoms with E-state index >= 15 is 0 Å². The number of pyridine rings is 1. The summed E-state index contributed by atoms with van der Waals surface area (Å²) in [6.07, 6.45) is -0.627. The molecule has 0 amide bonds. The van der Waals surface area contributed by atoms with E-state index in [1.807, 2.05) is 12.1 Å². The molecule has 6 nitrogen and oxygen atoms in total. The first kappa shape index (κ1) is 22.7. The summed E-state index contributed by atoms with van der Waals surface area (Å²) in [5.74, 6) is -0.276. The zero-order valence-electron chi connectivity index (χ0n) is 16.9. The SMILES string of the molecule is COc1ccc(-c2ccc(NCc3cccc(OC(F)(F)F)c3)nc2)cc1C=CC(=O)O. The molecule has 3 aromatic rings. The number of rotatable bonds is 8. The Bertz CT molecular complexity index is 1110. The smallest absolute Gasteiger partial charge is 0.496 e. The second-order valence-electron chi connectivity index (χ2n) is 6.61. The standard InChI is InChI=1S/C23H19F3N2O4/c1-31-20-8-5-16(12-17(20)7-10-22(29)30)18-6-9-21(28-14-18)27-13-15-3-2-4-19(11-15)32-23(24,25)26/h2-12,14H,13H2,1H3,(H,27,28)(H,29,30). The normalized spacial score (nSPS) is 11.4. The van der Waals surface area contributed by atoms with Crippen LogP contribution in [0.3, 0.4) is 0 Å². The van der Waals surface area contributed by atoms with E-state index in [2.05, 4.69) is 15.0 Å². The molecule has 3 rings (SSSR count). The number of carbonyl (C=O) groups is 1. The van der Waals surface area contributed by atoms with Gasteiger partial charge in [-0.25, -0.2) is 9.78 Å². The molecule has 0 fully saturated rings. The van der Waals surface area contributed by atoms with Crippen LogP contribution in [0.25, 0.3) is 17.2 Å². The Hall–Kier alpha value is -4.01. The number of ether oxygens (including phenoxy) is 2. The lowest BCUT2D eigenvalue weighted by molar-refractivity contribution is -0.274. The average molecular weight is 444 g/mol. The fraction of sp³-hybridized carbons (Fsp3) is 0.130. The first-order chi connectivity index (χ1) is 15.2. The number of aliphatic carboxylic acids is 1. The van der Waals surface area contributed by atoms with Gasteiger partial charge in [-0.2, -0.15) is 0 Å². The molecule has 1 aromatic heterocycles. The molecule has 2 N–H and O–H groups in total. The molecule has 0 spiro atoms. The summed E-state index contributed by atoms with van der Waals surface area (Å²) in [5.41, 5.74) is 2.81. The number of alkyl halides is 3. The highest BCUT2D eigenvalue weighted by molar-refractivity contribution is 5.86. The highest BCUT2D eigenvalue weighted by Gasteiger charge is 2.31. The fourth-order valence-electron chi connectivity index (χ4n) is 2.92. The van der Waals surface area contributed by atoms with E-state index in [1.165, 1.54) is 31.4 Å². The third-order valence-electron chi connectivity index (χ3n) is 4.34. The van der Waals surface area contributed by atoms with Crippen LogP contribution < -0.4 is 14.8 Å². The highest BCUT2D eigenvalue weighted by atomic mass is 19.4. The van der Waals surface area contributed by atoms with E-state index in [-0.39, 0.29) is 12.3 Å². The Morgan fingerprint density at radius 2 is 1.91 bits per heavy atom. The number of anilines is 1. The van der Waals surface area contributed by atoms with Crippen molar-refractivity contribution < 1.29 is 32.5 Å². The van der Waals surface area contributed by atoms with Gasteiger partial charge >= 0.3 is 12.3 Å². The molecular formula is C23H19F3N2O4. The second-order valence-corrected chi connectivity index (χ2v) is 6.61. The molecule has 32 heavy (non-hydrogen) atoms. The highest BCUT2D eigenvalue weighted by Crippen LogP contribution is 2.28. The van der Waals surface area contributed by atoms with Crippen molar-refractivity contribution in [2.45, 2.75) is 12.9 Å². The van der Waals surface area contributed by atoms with Gasteiger partial charge in [0, 0.05) is 29.9 Å². The number of carboxylic acids is 1. The Balaban J connectivity index is 1.70. The molecule has 1 heterocycles. The third-order valence-corrected chi connectivity index (χ3v) is 4.34. The lowest BCUT2D eigenvalue weighted by atomic mass is 10.0. The van der Waals surface area contributed by atoms with Crippen molar-refractivity contribution >= 4 is 17.9 Å². The molecule has 0 bridgehead atoms. The monoisotopic (exact) mass is 444 g/mol. The first-order valence-electron chi connectivity index (χ1n) is 9.37. The molecule has 9 heteroatoms. The van der Waals surface area contributed by atoms with Gasteiger partial charge in [-0.15, -0.1) is 13.2 Å². The van der Waals surface area contributed by atoms with Crippen LogP contribution in [0, 0.1) is 0 Å². The van der Waals surface area contributed by atoms with Crippen LogP contribution in [-0.2, 0) is 11.3 Å². The van der Waals surface area contributed by atoms with Gasteiger partial charge in [0.25, 0.3) is 0 Å². The van der Waals surface area contributed by atoms with Crippen molar-refractivity contribution in [2.75, 3.05) is 12.4 Å². The van der Waals surface area contributed by atoms with Crippen molar-refractivity contribution in [1.29, 1.82) is 0 Å². The molecule has 0 aliphatic rings. The number of hydrogen-bond donors (Lipinski definition) is 2. The van der Waals surface area contributed by atoms with E-state index in [0.29, 0.717) is 22.7 Å². The minimum absolute atomic E-state index is 0.258. The maximum absolute atomic E-state index is 12.4. The predicted octanol–water partition coefficient (Wildman–Crippen LogP) is 5.37. The lowest BCUT2D eigenvalue weighted by Gasteiger charge is -2.11. The first-order valence-corrected chi connectivity index (χ1v) is 9.37. The summed E-state index contributed by atoms with van der Waals surface area (Å²) >= 11 is 0. The van der Waals surface area contributed by atoms with Crippen LogP contribution in [0.5, 0.6) is 11.5 Å². The van der Waals surface area contributed by atoms with E-state index in [9.17, 15) is 18.0 Å². The van der Waals surface area contributed by atoms with E-state index in [4.69, 9.17) is 9.84 Å². The molecule has 0 aliphatic carbocycles. The van der Waals surface area contributed by atoms with Crippen molar-refractivity contribution in [3.05, 3.63) is 78.0 Å². The molecule has 0 saturated carbocycles. The van der Waals surface area contributed by atoms with Crippen molar-refractivity contribution in [1.82, 2.24) is 4.98 Å². The maximum atomic E-state index is 12.4. The van der Waals surface area contributed by atoms with Gasteiger partial charge in [-0.05, 0) is 53.6 Å². The van der Waals surface area contributed by atoms with E-state index in [1.54, 1.807) is 30.5 Å². The van der Waals surface area contributed by atoms with Crippen LogP contribution in [0.1, 0.15) is 11.1 Å². The summed E-state index contributed by atoms with van der Waals surface area (Å²) in [6, 6.07) is 14.6. The molecular weight excluding hydrogens is 425 g/mol. The summed E-state index contributed by atoms with van der Waals surface area (Å²) < 4.78 is 46.3. The van der Waals surface area contributed by atoms with Crippen LogP contribution in [0.2, 0.25) is 0 Å². The van der Waals surface area contributed by atoms with Gasteiger partial charge < -0.3 is 19.9 Å². The molecule has 166 valence electrons. The number of benzene rings is 2. The van der Waals surface area contributed by atoms with Crippen LogP contribution in [0.15, 0.2) is 66.9 Å². The average Bonchev–Trinajstić information content (AvgIpc) is 2.75. The predicted molar refractivity (Wildman–Crippen MR) is 113 cm³/mol. The van der Waals surface area contributed by atoms with Gasteiger partial charge in [-0.1, -0.05) is 18.2 Å². The molecule has 0 saturated heterocycles. The number of nitrogens with one attached hydrogen (secondary N) is 1. The summed E-state index contributed by atoms with van der Waals surface area (Å²) in [5, 5.41) is 11.9. The Morgan fingerprint density at radius 1 is 1.12 bits per heavy atom. The lowest BCUT2D eigenvalue weighted by Crippen LogP contribution is -2.17. The van der Waals surface area contributed by atoms with Crippen molar-refractivity contribution in [2.24, 2.45) is 0 Å². The van der Waals surface area contributed by atoms with E-state index in [0.717, 1.165) is 17.2 Å². The Kier molecular flexibility index (Phi) is 6.99. The second kappa shape index (κ2) is 9.86. The van der Waals surface area contributed by atoms with Crippen LogP contribution >= 0.6 is 0 Å². The van der Waals surface area contributed by atoms with Crippen LogP contribution in [-0.4, -0.2) is 29.5 Å². The van der Waals surface area contributed by atoms with E-state index < -0.39 is 12.3 Å². The largest absolute Gasteiger partial charge is 0.573 e. The number of aromatic nitrogens is 1. The minimum Gasteiger partial charge on any atom is -0.496 e. The Morgan fingerprint density at radius 3 is 2.56 bits per heavy atom. The zero-order chi connectivity index (χ0) is 23.1. The number of hydrogen-bond acceptors (Lipinski definition) is 5. The molecule has 0 radical (unpaired) electrons. The number of halogens is 3. The van der Waals surface area contributed by atoms with Gasteiger partial charge in [-0.3, -0.25) is 0 Å². The number of methoxy groups -OCH3 is 1. The molecule has 2 aromatic carbocycles. The minimum atomic E-state index is -4.74. The fourth-order valence-corrected chi connectivity index (χ4v) is 2.92. The Labute approximate surface area is 181 Å². The topological polar surface area (TPSA) is 80.7 Å². The molecule has 0 atom stereocenters.